The lowest BCUT2D eigenvalue weighted by Crippen LogP contribution is -2.31. The molecule has 2 aliphatic rings. The van der Waals surface area contributed by atoms with Crippen LogP contribution < -0.4 is 10.5 Å². The Hall–Kier alpha value is -2.11. The number of para-hydroxylation sites is 1. The van der Waals surface area contributed by atoms with E-state index in [1.807, 2.05) is 24.3 Å². The average molecular weight is 595 g/mol. The van der Waals surface area contributed by atoms with Gasteiger partial charge in [0.2, 0.25) is 10.0 Å². The Balaban J connectivity index is 1.57. The molecule has 1 heterocycles. The number of anilines is 1. The van der Waals surface area contributed by atoms with Crippen LogP contribution in [0.2, 0.25) is 0 Å². The van der Waals surface area contributed by atoms with Gasteiger partial charge in [-0.05, 0) is 59.9 Å². The molecule has 0 amide bonds. The van der Waals surface area contributed by atoms with E-state index < -0.39 is 10.0 Å². The monoisotopic (exact) mass is 593 g/mol. The fraction of sp³-hybridized carbons (Fsp3) is 0.250. The number of alkyl halides is 1. The number of benzene rings is 3. The molecule has 7 nitrogen and oxygen atoms in total. The molecule has 1 aliphatic carbocycles. The van der Waals surface area contributed by atoms with E-state index in [0.717, 1.165) is 21.3 Å². The molecule has 0 bridgehead atoms. The van der Waals surface area contributed by atoms with Crippen LogP contribution in [0.4, 0.5) is 11.4 Å². The third kappa shape index (κ3) is 4.70. The number of halogens is 2. The molecule has 11 heteroatoms. The zero-order chi connectivity index (χ0) is 24.9. The van der Waals surface area contributed by atoms with Crippen LogP contribution in [0.25, 0.3) is 0 Å². The van der Waals surface area contributed by atoms with E-state index in [2.05, 4.69) is 21.2 Å². The quantitative estimate of drug-likeness (QED) is 0.211. The summed E-state index contributed by atoms with van der Waals surface area (Å²) in [6.07, 6.45) is 0.697. The largest absolute Gasteiger partial charge is 0.378 e. The maximum absolute atomic E-state index is 12.1. The Labute approximate surface area is 220 Å². The fourth-order valence-corrected chi connectivity index (χ4v) is 7.90. The van der Waals surface area contributed by atoms with Gasteiger partial charge in [-0.2, -0.15) is 0 Å². The first-order valence-corrected chi connectivity index (χ1v) is 14.5. The third-order valence-electron chi connectivity index (χ3n) is 6.68. The molecule has 0 spiro atoms. The highest BCUT2D eigenvalue weighted by Gasteiger charge is 2.50. The number of nitrogens with zero attached hydrogens (tertiary/aromatic N) is 1. The second-order valence-corrected chi connectivity index (χ2v) is 13.0. The van der Waals surface area contributed by atoms with E-state index in [-0.39, 0.29) is 44.0 Å². The van der Waals surface area contributed by atoms with E-state index in [1.54, 1.807) is 30.3 Å². The molecule has 1 saturated carbocycles. The fourth-order valence-electron chi connectivity index (χ4n) is 5.14. The van der Waals surface area contributed by atoms with E-state index in [1.165, 1.54) is 23.9 Å². The summed E-state index contributed by atoms with van der Waals surface area (Å²) in [5, 5.41) is 20.1. The van der Waals surface area contributed by atoms with Crippen molar-refractivity contribution in [2.24, 2.45) is 11.1 Å². The smallest absolute Gasteiger partial charge is 0.282 e. The summed E-state index contributed by atoms with van der Waals surface area (Å²) < 4.78 is 25.1. The van der Waals surface area contributed by atoms with Gasteiger partial charge in [0.25, 0.3) is 5.69 Å². The van der Waals surface area contributed by atoms with Gasteiger partial charge >= 0.3 is 0 Å². The highest BCUT2D eigenvalue weighted by molar-refractivity contribution is 9.10. The molecule has 5 rings (SSSR count). The lowest BCUT2D eigenvalue weighted by Gasteiger charge is -2.38. The second kappa shape index (κ2) is 9.40. The Bertz CT molecular complexity index is 1400. The van der Waals surface area contributed by atoms with Crippen LogP contribution in [-0.4, -0.2) is 24.0 Å². The van der Waals surface area contributed by atoms with Crippen LogP contribution in [0.5, 0.6) is 0 Å². The maximum Gasteiger partial charge on any atom is 0.282 e. The molecule has 35 heavy (non-hydrogen) atoms. The zero-order valence-corrected chi connectivity index (χ0v) is 22.1. The summed E-state index contributed by atoms with van der Waals surface area (Å²) in [5.41, 5.74) is 2.76. The number of hydrogen-bond acceptors (Lipinski definition) is 6. The van der Waals surface area contributed by atoms with Gasteiger partial charge in [0.05, 0.1) is 26.1 Å². The molecule has 182 valence electrons. The van der Waals surface area contributed by atoms with E-state index in [0.29, 0.717) is 11.3 Å². The Kier molecular flexibility index (Phi) is 6.60. The van der Waals surface area contributed by atoms with Crippen molar-refractivity contribution in [2.45, 2.75) is 38.8 Å². The van der Waals surface area contributed by atoms with Crippen LogP contribution in [0.3, 0.4) is 0 Å². The zero-order valence-electron chi connectivity index (χ0n) is 18.2. The summed E-state index contributed by atoms with van der Waals surface area (Å²) in [4.78, 5) is 11.8. The minimum absolute atomic E-state index is 0.0394. The Morgan fingerprint density at radius 2 is 1.83 bits per heavy atom. The van der Waals surface area contributed by atoms with Crippen LogP contribution in [0.15, 0.2) is 81.0 Å². The normalized spacial score (nSPS) is 25.4. The van der Waals surface area contributed by atoms with E-state index in [4.69, 9.17) is 16.7 Å². The molecular formula is C24H21BrClN3O4S2. The number of primary sulfonamides is 1. The number of hydrogen-bond donors (Lipinski definition) is 2. The molecule has 0 radical (unpaired) electrons. The molecule has 3 aromatic carbocycles. The van der Waals surface area contributed by atoms with Gasteiger partial charge in [0, 0.05) is 27.4 Å². The van der Waals surface area contributed by atoms with Crippen molar-refractivity contribution in [3.05, 3.63) is 92.4 Å². The van der Waals surface area contributed by atoms with Crippen LogP contribution in [0.1, 0.15) is 29.5 Å². The molecule has 3 N–H and O–H groups in total. The number of nitro groups is 1. The van der Waals surface area contributed by atoms with Crippen molar-refractivity contribution in [3.8, 4) is 0 Å². The van der Waals surface area contributed by atoms with Crippen molar-refractivity contribution >= 4 is 60.7 Å². The summed E-state index contributed by atoms with van der Waals surface area (Å²) in [6.45, 7) is 0. The first-order valence-electron chi connectivity index (χ1n) is 10.9. The van der Waals surface area contributed by atoms with Crippen LogP contribution in [0, 0.1) is 16.0 Å². The highest BCUT2D eigenvalue weighted by Crippen LogP contribution is 2.58. The lowest BCUT2D eigenvalue weighted by atomic mass is 9.77. The average Bonchev–Trinajstić information content (AvgIpc) is 3.14. The number of nitrogens with one attached hydrogen (secondary N) is 1. The number of rotatable bonds is 5. The topological polar surface area (TPSA) is 115 Å². The lowest BCUT2D eigenvalue weighted by molar-refractivity contribution is -0.387. The van der Waals surface area contributed by atoms with Gasteiger partial charge in [-0.1, -0.05) is 40.2 Å². The number of nitrogens with two attached hydrogens (primary N) is 1. The van der Waals surface area contributed by atoms with Gasteiger partial charge in [0.15, 0.2) is 0 Å². The van der Waals surface area contributed by atoms with Crippen LogP contribution in [-0.2, 0) is 10.0 Å². The van der Waals surface area contributed by atoms with Crippen molar-refractivity contribution in [1.29, 1.82) is 0 Å². The maximum atomic E-state index is 12.1. The second-order valence-electron chi connectivity index (χ2n) is 8.72. The van der Waals surface area contributed by atoms with Crippen molar-refractivity contribution in [3.63, 3.8) is 0 Å². The molecule has 0 unspecified atom stereocenters. The molecule has 0 saturated heterocycles. The van der Waals surface area contributed by atoms with Gasteiger partial charge in [-0.3, -0.25) is 10.1 Å². The number of fused-ring (bicyclic) bond motifs is 3. The molecular weight excluding hydrogens is 574 g/mol. The third-order valence-corrected chi connectivity index (χ3v) is 10.2. The molecule has 0 aromatic heterocycles. The van der Waals surface area contributed by atoms with E-state index in [9.17, 15) is 18.5 Å². The molecule has 3 aromatic rings. The van der Waals surface area contributed by atoms with Gasteiger partial charge in [-0.15, -0.1) is 23.4 Å². The summed E-state index contributed by atoms with van der Waals surface area (Å²) in [7, 11) is -3.89. The molecule has 5 atom stereocenters. The molecule has 1 fully saturated rings. The Morgan fingerprint density at radius 3 is 2.51 bits per heavy atom. The summed E-state index contributed by atoms with van der Waals surface area (Å²) >= 11 is 12.0. The van der Waals surface area contributed by atoms with Gasteiger partial charge in [-0.25, -0.2) is 13.6 Å². The first kappa shape index (κ1) is 24.6. The number of thioether (sulfide) groups is 1. The summed E-state index contributed by atoms with van der Waals surface area (Å²) in [6, 6.07) is 19.5. The first-order chi connectivity index (χ1) is 16.6. The van der Waals surface area contributed by atoms with Crippen molar-refractivity contribution in [1.82, 2.24) is 0 Å². The van der Waals surface area contributed by atoms with Gasteiger partial charge in [0.1, 0.15) is 0 Å². The van der Waals surface area contributed by atoms with Crippen molar-refractivity contribution < 1.29 is 13.3 Å². The SMILES string of the molecule is NS(=O)(=O)c1ccc2c(c1)[C@@H]1[C@H](Cl)[C@@H](Sc3ccccc3[N+](=O)[O-])C[C@H]1[C@H](c1ccc(Br)cc1)N2. The highest BCUT2D eigenvalue weighted by atomic mass is 79.9. The van der Waals surface area contributed by atoms with Gasteiger partial charge < -0.3 is 5.32 Å². The van der Waals surface area contributed by atoms with Crippen LogP contribution >= 0.6 is 39.3 Å². The summed E-state index contributed by atoms with van der Waals surface area (Å²) in [5.74, 6) is -0.120. The standard InChI is InChI=1S/C24H21BrClN3O4S2/c25-14-7-5-13(6-8-14)24-17-12-21(34-20-4-2-1-3-19(20)29(30)31)23(26)22(17)16-11-15(35(27,32)33)9-10-18(16)28-24/h1-11,17,21-24,28H,12H2,(H2,27,32,33)/t17-,21+,22+,23-,24+/m1/s1. The minimum atomic E-state index is -3.89. The predicted molar refractivity (Wildman–Crippen MR) is 142 cm³/mol. The predicted octanol–water partition coefficient (Wildman–Crippen LogP) is 6.04. The number of nitro benzene ring substituents is 1. The van der Waals surface area contributed by atoms with Crippen molar-refractivity contribution in [2.75, 3.05) is 5.32 Å². The molecule has 1 aliphatic heterocycles. The minimum Gasteiger partial charge on any atom is -0.378 e. The number of sulfonamides is 1. The Morgan fingerprint density at radius 1 is 1.11 bits per heavy atom. The van der Waals surface area contributed by atoms with E-state index >= 15 is 0 Å².